The van der Waals surface area contributed by atoms with Crippen molar-refractivity contribution in [3.8, 4) is 0 Å². The Balaban J connectivity index is 2.14. The molecule has 1 fully saturated rings. The summed E-state index contributed by atoms with van der Waals surface area (Å²) < 4.78 is 0. The average molecular weight is 242 g/mol. The van der Waals surface area contributed by atoms with Gasteiger partial charge in [0.05, 0.1) is 17.3 Å². The quantitative estimate of drug-likeness (QED) is 0.838. The van der Waals surface area contributed by atoms with Crippen LogP contribution in [0, 0.1) is 0 Å². The molecule has 4 nitrogen and oxygen atoms in total. The largest absolute Gasteiger partial charge is 0.390 e. The highest BCUT2D eigenvalue weighted by molar-refractivity contribution is 6.31. The third-order valence-electron chi connectivity index (χ3n) is 2.88. The molecule has 0 saturated carbocycles. The number of aromatic nitrogens is 1. The molecule has 2 rings (SSSR count). The first-order valence-corrected chi connectivity index (χ1v) is 5.78. The average Bonchev–Trinajstić information content (AvgIpc) is 2.31. The van der Waals surface area contributed by atoms with Gasteiger partial charge in [-0.15, -0.1) is 0 Å². The van der Waals surface area contributed by atoms with Crippen molar-refractivity contribution in [1.29, 1.82) is 0 Å². The number of rotatable bonds is 2. The van der Waals surface area contributed by atoms with E-state index in [4.69, 9.17) is 16.7 Å². The van der Waals surface area contributed by atoms with E-state index in [1.165, 1.54) is 0 Å². The lowest BCUT2D eigenvalue weighted by atomic mass is 10.3. The number of aliphatic hydroxyl groups is 1. The molecule has 0 aromatic carbocycles. The smallest absolute Gasteiger partial charge is 0.129 e. The van der Waals surface area contributed by atoms with Gasteiger partial charge in [-0.05, 0) is 19.2 Å². The topological polar surface area (TPSA) is 39.6 Å². The minimum absolute atomic E-state index is 0.111. The second kappa shape index (κ2) is 4.99. The van der Waals surface area contributed by atoms with Gasteiger partial charge in [-0.2, -0.15) is 0 Å². The summed E-state index contributed by atoms with van der Waals surface area (Å²) in [6.07, 6.45) is 0. The van der Waals surface area contributed by atoms with Crippen LogP contribution in [-0.2, 0) is 6.61 Å². The van der Waals surface area contributed by atoms with Gasteiger partial charge in [0.1, 0.15) is 5.82 Å². The Morgan fingerprint density at radius 3 is 2.62 bits per heavy atom. The molecule has 88 valence electrons. The molecule has 1 aromatic rings. The lowest BCUT2D eigenvalue weighted by molar-refractivity contribution is 0.276. The highest BCUT2D eigenvalue weighted by atomic mass is 35.5. The van der Waals surface area contributed by atoms with Crippen LogP contribution < -0.4 is 4.90 Å². The van der Waals surface area contributed by atoms with Crippen LogP contribution in [0.3, 0.4) is 0 Å². The SMILES string of the molecule is CN1CCN(c2ccc(Cl)c(CO)n2)CC1. The van der Waals surface area contributed by atoms with Gasteiger partial charge in [-0.1, -0.05) is 11.6 Å². The second-order valence-electron chi connectivity index (χ2n) is 4.05. The zero-order valence-corrected chi connectivity index (χ0v) is 10.1. The summed E-state index contributed by atoms with van der Waals surface area (Å²) in [5.41, 5.74) is 0.554. The fraction of sp³-hybridized carbons (Fsp3) is 0.545. The van der Waals surface area contributed by atoms with Crippen molar-refractivity contribution in [3.05, 3.63) is 22.8 Å². The third kappa shape index (κ3) is 2.45. The van der Waals surface area contributed by atoms with Crippen LogP contribution in [0.2, 0.25) is 5.02 Å². The number of anilines is 1. The molecule has 5 heteroatoms. The van der Waals surface area contributed by atoms with Gasteiger partial charge in [0, 0.05) is 26.2 Å². The lowest BCUT2D eigenvalue weighted by Gasteiger charge is -2.33. The van der Waals surface area contributed by atoms with E-state index in [1.807, 2.05) is 6.07 Å². The Bertz CT molecular complexity index is 364. The number of pyridine rings is 1. The van der Waals surface area contributed by atoms with Gasteiger partial charge in [0.15, 0.2) is 0 Å². The van der Waals surface area contributed by atoms with E-state index in [0.717, 1.165) is 32.0 Å². The van der Waals surface area contributed by atoms with E-state index in [9.17, 15) is 0 Å². The summed E-state index contributed by atoms with van der Waals surface area (Å²) in [5, 5.41) is 9.64. The first-order valence-electron chi connectivity index (χ1n) is 5.40. The number of likely N-dealkylation sites (N-methyl/N-ethyl adjacent to an activating group) is 1. The van der Waals surface area contributed by atoms with Gasteiger partial charge in [-0.3, -0.25) is 0 Å². The highest BCUT2D eigenvalue weighted by Gasteiger charge is 2.16. The number of hydrogen-bond donors (Lipinski definition) is 1. The van der Waals surface area contributed by atoms with E-state index in [0.29, 0.717) is 10.7 Å². The van der Waals surface area contributed by atoms with Crippen molar-refractivity contribution in [1.82, 2.24) is 9.88 Å². The van der Waals surface area contributed by atoms with E-state index in [2.05, 4.69) is 21.8 Å². The van der Waals surface area contributed by atoms with Crippen molar-refractivity contribution in [2.75, 3.05) is 38.1 Å². The maximum absolute atomic E-state index is 9.11. The van der Waals surface area contributed by atoms with Crippen molar-refractivity contribution in [3.63, 3.8) is 0 Å². The van der Waals surface area contributed by atoms with Crippen LogP contribution in [0.1, 0.15) is 5.69 Å². The van der Waals surface area contributed by atoms with Gasteiger partial charge in [0.25, 0.3) is 0 Å². The minimum Gasteiger partial charge on any atom is -0.390 e. The van der Waals surface area contributed by atoms with Crippen molar-refractivity contribution >= 4 is 17.4 Å². The van der Waals surface area contributed by atoms with Crippen molar-refractivity contribution in [2.24, 2.45) is 0 Å². The first kappa shape index (κ1) is 11.6. The van der Waals surface area contributed by atoms with Crippen molar-refractivity contribution < 1.29 is 5.11 Å². The van der Waals surface area contributed by atoms with E-state index < -0.39 is 0 Å². The third-order valence-corrected chi connectivity index (χ3v) is 3.23. The van der Waals surface area contributed by atoms with Gasteiger partial charge in [0.2, 0.25) is 0 Å². The summed E-state index contributed by atoms with van der Waals surface area (Å²) in [7, 11) is 2.12. The minimum atomic E-state index is -0.111. The molecule has 16 heavy (non-hydrogen) atoms. The fourth-order valence-corrected chi connectivity index (χ4v) is 1.96. The van der Waals surface area contributed by atoms with E-state index in [-0.39, 0.29) is 6.61 Å². The summed E-state index contributed by atoms with van der Waals surface area (Å²) >= 11 is 5.91. The summed E-state index contributed by atoms with van der Waals surface area (Å²) in [5.74, 6) is 0.904. The highest BCUT2D eigenvalue weighted by Crippen LogP contribution is 2.20. The van der Waals surface area contributed by atoms with Crippen LogP contribution in [0.15, 0.2) is 12.1 Å². The number of nitrogens with zero attached hydrogens (tertiary/aromatic N) is 3. The van der Waals surface area contributed by atoms with Crippen LogP contribution in [0.25, 0.3) is 0 Å². The second-order valence-corrected chi connectivity index (χ2v) is 4.45. The van der Waals surface area contributed by atoms with Crippen LogP contribution in [0.4, 0.5) is 5.82 Å². The number of aliphatic hydroxyl groups excluding tert-OH is 1. The predicted molar refractivity (Wildman–Crippen MR) is 64.9 cm³/mol. The molecule has 1 aliphatic rings. The number of hydrogen-bond acceptors (Lipinski definition) is 4. The van der Waals surface area contributed by atoms with Gasteiger partial charge < -0.3 is 14.9 Å². The monoisotopic (exact) mass is 241 g/mol. The lowest BCUT2D eigenvalue weighted by Crippen LogP contribution is -2.44. The van der Waals surface area contributed by atoms with Crippen LogP contribution in [0.5, 0.6) is 0 Å². The Morgan fingerprint density at radius 2 is 2.00 bits per heavy atom. The molecule has 2 heterocycles. The molecular weight excluding hydrogens is 226 g/mol. The molecule has 0 atom stereocenters. The van der Waals surface area contributed by atoms with Gasteiger partial charge >= 0.3 is 0 Å². The Hall–Kier alpha value is -0.840. The zero-order valence-electron chi connectivity index (χ0n) is 9.36. The molecule has 1 N–H and O–H groups in total. The summed E-state index contributed by atoms with van der Waals surface area (Å²) in [6.45, 7) is 3.91. The molecule has 0 aliphatic carbocycles. The van der Waals surface area contributed by atoms with Gasteiger partial charge in [-0.25, -0.2) is 4.98 Å². The summed E-state index contributed by atoms with van der Waals surface area (Å²) in [4.78, 5) is 8.87. The van der Waals surface area contributed by atoms with Crippen molar-refractivity contribution in [2.45, 2.75) is 6.61 Å². The van der Waals surface area contributed by atoms with E-state index >= 15 is 0 Å². The zero-order chi connectivity index (χ0) is 11.5. The molecule has 0 amide bonds. The Labute approximate surface area is 100 Å². The number of piperazine rings is 1. The molecule has 1 aromatic heterocycles. The predicted octanol–water partition coefficient (Wildman–Crippen LogP) is 0.979. The van der Waals surface area contributed by atoms with E-state index in [1.54, 1.807) is 6.07 Å². The first-order chi connectivity index (χ1) is 7.70. The molecule has 0 bridgehead atoms. The number of halogens is 1. The molecule has 0 unspecified atom stereocenters. The normalized spacial score (nSPS) is 17.8. The molecule has 0 spiro atoms. The molecular formula is C11H16ClN3O. The standard InChI is InChI=1S/C11H16ClN3O/c1-14-4-6-15(7-5-14)11-3-2-9(12)10(8-16)13-11/h2-3,16H,4-8H2,1H3. The Kier molecular flexibility index (Phi) is 3.63. The Morgan fingerprint density at radius 1 is 1.31 bits per heavy atom. The maximum atomic E-state index is 9.11. The maximum Gasteiger partial charge on any atom is 0.129 e. The molecule has 1 saturated heterocycles. The van der Waals surface area contributed by atoms with Crippen LogP contribution in [-0.4, -0.2) is 48.2 Å². The fourth-order valence-electron chi connectivity index (χ4n) is 1.80. The summed E-state index contributed by atoms with van der Waals surface area (Å²) in [6, 6.07) is 3.71. The van der Waals surface area contributed by atoms with Crippen LogP contribution >= 0.6 is 11.6 Å². The molecule has 0 radical (unpaired) electrons. The molecule has 1 aliphatic heterocycles.